The molecule has 0 aliphatic rings. The molecule has 2 aromatic carbocycles. The summed E-state index contributed by atoms with van der Waals surface area (Å²) in [5.41, 5.74) is 1.03. The minimum atomic E-state index is -0.600. The Bertz CT molecular complexity index is 1310. The summed E-state index contributed by atoms with van der Waals surface area (Å²) in [6.45, 7) is 0.0546. The molecule has 1 N–H and O–H groups in total. The second-order valence-corrected chi connectivity index (χ2v) is 6.85. The van der Waals surface area contributed by atoms with Crippen LogP contribution in [0.4, 0.5) is 10.1 Å². The molecule has 0 aliphatic heterocycles. The van der Waals surface area contributed by atoms with Crippen LogP contribution in [0.15, 0.2) is 77.7 Å². The third kappa shape index (κ3) is 4.31. The maximum absolute atomic E-state index is 13.8. The third-order valence-corrected chi connectivity index (χ3v) is 4.50. The lowest BCUT2D eigenvalue weighted by atomic mass is 10.2. The van der Waals surface area contributed by atoms with Gasteiger partial charge in [0, 0.05) is 24.0 Å². The van der Waals surface area contributed by atoms with Crippen molar-refractivity contribution in [3.05, 3.63) is 105 Å². The zero-order chi connectivity index (χ0) is 21.1. The van der Waals surface area contributed by atoms with E-state index in [0.717, 1.165) is 0 Å². The van der Waals surface area contributed by atoms with Gasteiger partial charge in [0.25, 0.3) is 11.5 Å². The lowest BCUT2D eigenvalue weighted by molar-refractivity contribution is 0.102. The molecule has 0 unspecified atom stereocenters. The number of pyridine rings is 1. The number of carbonyl (C=O) groups is 1. The van der Waals surface area contributed by atoms with E-state index < -0.39 is 11.7 Å². The van der Waals surface area contributed by atoms with Crippen molar-refractivity contribution in [2.75, 3.05) is 5.32 Å². The number of fused-ring (bicyclic) bond motifs is 1. The molecule has 8 heteroatoms. The average molecular weight is 424 g/mol. The molecule has 0 saturated carbocycles. The van der Waals surface area contributed by atoms with Gasteiger partial charge in [0.2, 0.25) is 0 Å². The number of amides is 1. The quantitative estimate of drug-likeness (QED) is 0.519. The minimum Gasteiger partial charge on any atom is -0.487 e. The fourth-order valence-electron chi connectivity index (χ4n) is 2.86. The van der Waals surface area contributed by atoms with Gasteiger partial charge in [-0.05, 0) is 36.4 Å². The molecular weight excluding hydrogens is 409 g/mol. The number of anilines is 1. The van der Waals surface area contributed by atoms with Gasteiger partial charge in [0.15, 0.2) is 0 Å². The van der Waals surface area contributed by atoms with Crippen LogP contribution in [0.5, 0.6) is 5.75 Å². The Morgan fingerprint density at radius 1 is 1.10 bits per heavy atom. The van der Waals surface area contributed by atoms with Gasteiger partial charge in [-0.25, -0.2) is 9.37 Å². The molecule has 0 bridgehead atoms. The predicted octanol–water partition coefficient (Wildman–Crippen LogP) is 4.32. The molecule has 4 rings (SSSR count). The Hall–Kier alpha value is -3.71. The molecule has 6 nitrogen and oxygen atoms in total. The number of nitrogens with zero attached hydrogens (tertiary/aromatic N) is 2. The van der Waals surface area contributed by atoms with Crippen LogP contribution >= 0.6 is 11.6 Å². The molecule has 0 atom stereocenters. The molecule has 30 heavy (non-hydrogen) atoms. The van der Waals surface area contributed by atoms with Crippen molar-refractivity contribution in [2.24, 2.45) is 0 Å². The highest BCUT2D eigenvalue weighted by Gasteiger charge is 2.11. The molecule has 4 aromatic rings. The van der Waals surface area contributed by atoms with Crippen LogP contribution in [-0.4, -0.2) is 15.3 Å². The second kappa shape index (κ2) is 8.34. The summed E-state index contributed by atoms with van der Waals surface area (Å²) in [7, 11) is 0. The number of halogens is 2. The maximum atomic E-state index is 13.8. The lowest BCUT2D eigenvalue weighted by Crippen LogP contribution is -2.16. The van der Waals surface area contributed by atoms with Crippen LogP contribution in [0.1, 0.15) is 16.1 Å². The zero-order valence-electron chi connectivity index (χ0n) is 15.5. The van der Waals surface area contributed by atoms with E-state index >= 15 is 0 Å². The predicted molar refractivity (Wildman–Crippen MR) is 112 cm³/mol. The third-order valence-electron chi connectivity index (χ3n) is 4.27. The molecule has 0 fully saturated rings. The Morgan fingerprint density at radius 3 is 2.77 bits per heavy atom. The van der Waals surface area contributed by atoms with Gasteiger partial charge in [-0.15, -0.1) is 0 Å². The number of hydrogen-bond acceptors (Lipinski definition) is 4. The van der Waals surface area contributed by atoms with Crippen molar-refractivity contribution in [3.63, 3.8) is 0 Å². The molecule has 0 saturated heterocycles. The Labute approximate surface area is 175 Å². The molecule has 2 aromatic heterocycles. The molecule has 1 amide bonds. The first kappa shape index (κ1) is 19.6. The Balaban J connectivity index is 1.48. The highest BCUT2D eigenvalue weighted by atomic mass is 35.5. The topological polar surface area (TPSA) is 72.7 Å². The van der Waals surface area contributed by atoms with Gasteiger partial charge in [-0.2, -0.15) is 0 Å². The zero-order valence-corrected chi connectivity index (χ0v) is 16.3. The van der Waals surface area contributed by atoms with E-state index in [-0.39, 0.29) is 17.7 Å². The van der Waals surface area contributed by atoms with E-state index in [1.807, 2.05) is 0 Å². The van der Waals surface area contributed by atoms with Crippen molar-refractivity contribution in [1.82, 2.24) is 9.38 Å². The number of aromatic nitrogens is 2. The number of ether oxygens (including phenoxy) is 1. The van der Waals surface area contributed by atoms with Crippen LogP contribution in [-0.2, 0) is 6.61 Å². The summed E-state index contributed by atoms with van der Waals surface area (Å²) >= 11 is 5.91. The first-order chi connectivity index (χ1) is 14.5. The summed E-state index contributed by atoms with van der Waals surface area (Å²) in [5.74, 6) is -0.704. The maximum Gasteiger partial charge on any atom is 0.258 e. The standard InChI is InChI=1S/C22H15ClFN3O3/c23-14-8-9-20-25-16(11-21(28)27(20)12-14)13-30-17-5-3-4-15(10-17)26-22(29)18-6-1-2-7-19(18)24/h1-12H,13H2,(H,26,29). The largest absolute Gasteiger partial charge is 0.487 e. The van der Waals surface area contributed by atoms with E-state index in [4.69, 9.17) is 16.3 Å². The summed E-state index contributed by atoms with van der Waals surface area (Å²) in [6, 6.07) is 17.1. The van der Waals surface area contributed by atoms with Crippen molar-refractivity contribution in [3.8, 4) is 5.75 Å². The fourth-order valence-corrected chi connectivity index (χ4v) is 3.03. The molecule has 150 valence electrons. The van der Waals surface area contributed by atoms with Gasteiger partial charge in [0.1, 0.15) is 23.8 Å². The second-order valence-electron chi connectivity index (χ2n) is 6.41. The van der Waals surface area contributed by atoms with E-state index in [1.165, 1.54) is 34.9 Å². The summed E-state index contributed by atoms with van der Waals surface area (Å²) < 4.78 is 20.8. The van der Waals surface area contributed by atoms with Gasteiger partial charge in [-0.1, -0.05) is 29.8 Å². The van der Waals surface area contributed by atoms with E-state index in [0.29, 0.717) is 27.8 Å². The smallest absolute Gasteiger partial charge is 0.258 e. The van der Waals surface area contributed by atoms with Crippen LogP contribution in [0.2, 0.25) is 5.02 Å². The first-order valence-corrected chi connectivity index (χ1v) is 9.34. The summed E-state index contributed by atoms with van der Waals surface area (Å²) in [4.78, 5) is 28.9. The minimum absolute atomic E-state index is 0.0511. The monoisotopic (exact) mass is 423 g/mol. The van der Waals surface area contributed by atoms with Gasteiger partial charge < -0.3 is 10.1 Å². The van der Waals surface area contributed by atoms with E-state index in [9.17, 15) is 14.0 Å². The van der Waals surface area contributed by atoms with E-state index in [2.05, 4.69) is 10.3 Å². The average Bonchev–Trinajstić information content (AvgIpc) is 2.73. The van der Waals surface area contributed by atoms with Crippen LogP contribution in [0.3, 0.4) is 0 Å². The number of rotatable bonds is 5. The van der Waals surface area contributed by atoms with Crippen LogP contribution < -0.4 is 15.6 Å². The van der Waals surface area contributed by atoms with Crippen molar-refractivity contribution < 1.29 is 13.9 Å². The molecule has 2 heterocycles. The number of hydrogen-bond donors (Lipinski definition) is 1. The number of carbonyl (C=O) groups excluding carboxylic acids is 1. The molecule has 0 aliphatic carbocycles. The number of benzene rings is 2. The number of nitrogens with one attached hydrogen (secondary N) is 1. The first-order valence-electron chi connectivity index (χ1n) is 8.96. The molecular formula is C22H15ClFN3O3. The molecule has 0 spiro atoms. The SMILES string of the molecule is O=C(Nc1cccc(OCc2cc(=O)n3cc(Cl)ccc3n2)c1)c1ccccc1F. The van der Waals surface area contributed by atoms with Crippen molar-refractivity contribution in [2.45, 2.75) is 6.61 Å². The summed E-state index contributed by atoms with van der Waals surface area (Å²) in [5, 5.41) is 3.07. The highest BCUT2D eigenvalue weighted by Crippen LogP contribution is 2.20. The van der Waals surface area contributed by atoms with Crippen LogP contribution in [0, 0.1) is 5.82 Å². The van der Waals surface area contributed by atoms with Gasteiger partial charge in [0.05, 0.1) is 16.3 Å². The molecule has 0 radical (unpaired) electrons. The Morgan fingerprint density at radius 2 is 1.93 bits per heavy atom. The normalized spacial score (nSPS) is 10.7. The van der Waals surface area contributed by atoms with Crippen molar-refractivity contribution in [1.29, 1.82) is 0 Å². The lowest BCUT2D eigenvalue weighted by Gasteiger charge is -2.10. The van der Waals surface area contributed by atoms with Gasteiger partial charge >= 0.3 is 0 Å². The van der Waals surface area contributed by atoms with Crippen molar-refractivity contribution >= 4 is 28.8 Å². The fraction of sp³-hybridized carbons (Fsp3) is 0.0455. The van der Waals surface area contributed by atoms with Gasteiger partial charge in [-0.3, -0.25) is 14.0 Å². The highest BCUT2D eigenvalue weighted by molar-refractivity contribution is 6.30. The van der Waals surface area contributed by atoms with E-state index in [1.54, 1.807) is 42.5 Å². The Kier molecular flexibility index (Phi) is 5.45. The van der Waals surface area contributed by atoms with Crippen LogP contribution in [0.25, 0.3) is 5.65 Å². The summed E-state index contributed by atoms with van der Waals surface area (Å²) in [6.07, 6.45) is 1.50.